The van der Waals surface area contributed by atoms with Gasteiger partial charge in [-0.25, -0.2) is 0 Å². The van der Waals surface area contributed by atoms with E-state index in [4.69, 9.17) is 4.74 Å². The van der Waals surface area contributed by atoms with Gasteiger partial charge in [0.25, 0.3) is 0 Å². The minimum Gasteiger partial charge on any atom is -0.481 e. The van der Waals surface area contributed by atoms with Crippen molar-refractivity contribution in [3.63, 3.8) is 0 Å². The summed E-state index contributed by atoms with van der Waals surface area (Å²) >= 11 is 0. The molecule has 5 rings (SSSR count). The van der Waals surface area contributed by atoms with E-state index in [2.05, 4.69) is 60.4 Å². The van der Waals surface area contributed by atoms with Gasteiger partial charge in [-0.2, -0.15) is 0 Å². The molecule has 250 valence electrons. The minimum atomic E-state index is -1.11. The highest BCUT2D eigenvalue weighted by Gasteiger charge is 2.71. The monoisotopic (exact) mass is 611 g/mol. The van der Waals surface area contributed by atoms with Gasteiger partial charge in [0, 0.05) is 5.41 Å². The first-order valence-corrected chi connectivity index (χ1v) is 18.2. The molecule has 0 spiro atoms. The second-order valence-electron chi connectivity index (χ2n) is 18.4. The fraction of sp³-hybridized carbons (Fsp3) is 0.897. The van der Waals surface area contributed by atoms with E-state index in [1.165, 1.54) is 63.4 Å². The van der Waals surface area contributed by atoms with Crippen LogP contribution in [-0.2, 0) is 14.3 Å². The molecule has 0 unspecified atom stereocenters. The molecular weight excluding hydrogens is 546 g/mol. The number of allylic oxidation sites excluding steroid dienone is 1. The first-order valence-electron chi connectivity index (χ1n) is 18.2. The lowest BCUT2D eigenvalue weighted by Gasteiger charge is -2.73. The van der Waals surface area contributed by atoms with Gasteiger partial charge in [0.1, 0.15) is 6.10 Å². The third kappa shape index (κ3) is 5.03. The van der Waals surface area contributed by atoms with Gasteiger partial charge in [-0.05, 0) is 156 Å². The lowest BCUT2D eigenvalue weighted by molar-refractivity contribution is -0.250. The molecule has 5 aliphatic rings. The van der Waals surface area contributed by atoms with E-state index >= 15 is 0 Å². The quantitative estimate of drug-likeness (QED) is 0.155. The lowest BCUT2D eigenvalue weighted by Crippen LogP contribution is -2.66. The van der Waals surface area contributed by atoms with Crippen molar-refractivity contribution in [3.8, 4) is 0 Å². The van der Waals surface area contributed by atoms with Crippen LogP contribution in [0.4, 0.5) is 0 Å². The number of carbonyl (C=O) groups is 2. The van der Waals surface area contributed by atoms with Crippen LogP contribution in [0.25, 0.3) is 0 Å². The normalized spacial score (nSPS) is 44.5. The molecule has 10 atom stereocenters. The van der Waals surface area contributed by atoms with E-state index in [1.54, 1.807) is 13.8 Å². The number of carboxylic acid groups (broad SMARTS) is 1. The average molecular weight is 612 g/mol. The number of aliphatic carboxylic acids is 1. The van der Waals surface area contributed by atoms with Crippen LogP contribution in [0.5, 0.6) is 0 Å². The maximum atomic E-state index is 13.0. The molecule has 44 heavy (non-hydrogen) atoms. The summed E-state index contributed by atoms with van der Waals surface area (Å²) in [6.45, 7) is 27.2. The standard InChI is InChI=1S/C39H65NO4/c1-11-40-23-22-39-19-14-26(25(2)3)32(39)27-12-13-29-36(8)17-16-30(44-31(41)24-34(4,5)33(42)43)35(6,7)28(36)15-18-38(29,10)37(27,9)20-21-39/h26-30,32,40H,2,11-24H2,1,3-10H3,(H,42,43)/t26-,27+,28-,29+,30-,32+,36-,37+,38+,39+/m0/s1. The van der Waals surface area contributed by atoms with Crippen LogP contribution in [0.3, 0.4) is 0 Å². The molecule has 0 bridgehead atoms. The number of carbonyl (C=O) groups excluding carboxylic acids is 1. The highest BCUT2D eigenvalue weighted by molar-refractivity contribution is 5.81. The van der Waals surface area contributed by atoms with Crippen LogP contribution in [0.15, 0.2) is 12.2 Å². The van der Waals surface area contributed by atoms with Crippen molar-refractivity contribution in [2.75, 3.05) is 13.1 Å². The maximum Gasteiger partial charge on any atom is 0.309 e. The van der Waals surface area contributed by atoms with Crippen molar-refractivity contribution in [1.29, 1.82) is 0 Å². The predicted octanol–water partition coefficient (Wildman–Crippen LogP) is 9.06. The summed E-state index contributed by atoms with van der Waals surface area (Å²) < 4.78 is 6.17. The van der Waals surface area contributed by atoms with Crippen LogP contribution in [0.1, 0.15) is 139 Å². The number of fused-ring (bicyclic) bond motifs is 7. The van der Waals surface area contributed by atoms with Crippen molar-refractivity contribution in [2.24, 2.45) is 62.1 Å². The Morgan fingerprint density at radius 2 is 1.61 bits per heavy atom. The van der Waals surface area contributed by atoms with Crippen LogP contribution < -0.4 is 5.32 Å². The molecule has 0 aliphatic heterocycles. The van der Waals surface area contributed by atoms with E-state index in [1.807, 2.05) is 0 Å². The molecule has 0 aromatic carbocycles. The van der Waals surface area contributed by atoms with Crippen molar-refractivity contribution < 1.29 is 19.4 Å². The second kappa shape index (κ2) is 11.4. The Kier molecular flexibility index (Phi) is 8.81. The molecule has 0 amide bonds. The summed E-state index contributed by atoms with van der Waals surface area (Å²) in [5.41, 5.74) is 1.51. The van der Waals surface area contributed by atoms with Gasteiger partial charge in [0.15, 0.2) is 0 Å². The molecule has 5 nitrogen and oxygen atoms in total. The van der Waals surface area contributed by atoms with Gasteiger partial charge in [0.05, 0.1) is 11.8 Å². The topological polar surface area (TPSA) is 75.6 Å². The summed E-state index contributed by atoms with van der Waals surface area (Å²) in [6.07, 6.45) is 13.6. The first kappa shape index (κ1) is 34.0. The minimum absolute atomic E-state index is 0.0837. The van der Waals surface area contributed by atoms with Crippen molar-refractivity contribution >= 4 is 11.9 Å². The van der Waals surface area contributed by atoms with E-state index in [0.717, 1.165) is 37.8 Å². The van der Waals surface area contributed by atoms with Gasteiger partial charge < -0.3 is 15.2 Å². The van der Waals surface area contributed by atoms with E-state index < -0.39 is 11.4 Å². The van der Waals surface area contributed by atoms with E-state index in [-0.39, 0.29) is 29.3 Å². The molecule has 0 radical (unpaired) electrons. The molecule has 5 heteroatoms. The second-order valence-corrected chi connectivity index (χ2v) is 18.4. The van der Waals surface area contributed by atoms with Crippen LogP contribution in [-0.4, -0.2) is 36.2 Å². The molecule has 0 heterocycles. The molecule has 5 fully saturated rings. The zero-order valence-corrected chi connectivity index (χ0v) is 29.7. The number of rotatable bonds is 9. The molecule has 0 aromatic rings. The third-order valence-electron chi connectivity index (χ3n) is 15.7. The van der Waals surface area contributed by atoms with E-state index in [9.17, 15) is 14.7 Å². The lowest BCUT2D eigenvalue weighted by atomic mass is 9.32. The summed E-state index contributed by atoms with van der Waals surface area (Å²) in [4.78, 5) is 24.7. The highest BCUT2D eigenvalue weighted by atomic mass is 16.5. The number of nitrogens with one attached hydrogen (secondary N) is 1. The maximum absolute atomic E-state index is 13.0. The summed E-state index contributed by atoms with van der Waals surface area (Å²) in [5, 5.41) is 13.2. The fourth-order valence-electron chi connectivity index (χ4n) is 13.0. The third-order valence-corrected chi connectivity index (χ3v) is 15.7. The highest BCUT2D eigenvalue weighted by Crippen LogP contribution is 2.78. The summed E-state index contributed by atoms with van der Waals surface area (Å²) in [7, 11) is 0. The number of hydrogen-bond donors (Lipinski definition) is 2. The first-order chi connectivity index (χ1) is 20.4. The molecular formula is C39H65NO4. The molecule has 0 aromatic heterocycles. The van der Waals surface area contributed by atoms with Gasteiger partial charge in [-0.1, -0.05) is 53.7 Å². The van der Waals surface area contributed by atoms with Gasteiger partial charge in [-0.3, -0.25) is 9.59 Å². The summed E-state index contributed by atoms with van der Waals surface area (Å²) in [5.74, 6) is 2.05. The van der Waals surface area contributed by atoms with Gasteiger partial charge in [0.2, 0.25) is 0 Å². The van der Waals surface area contributed by atoms with Crippen LogP contribution >= 0.6 is 0 Å². The zero-order valence-electron chi connectivity index (χ0n) is 29.7. The van der Waals surface area contributed by atoms with Crippen molar-refractivity contribution in [1.82, 2.24) is 5.32 Å². The Labute approximate surface area is 269 Å². The number of ether oxygens (including phenoxy) is 1. The Hall–Kier alpha value is -1.36. The Balaban J connectivity index is 1.40. The largest absolute Gasteiger partial charge is 0.481 e. The smallest absolute Gasteiger partial charge is 0.309 e. The van der Waals surface area contributed by atoms with Crippen LogP contribution in [0, 0.1) is 62.1 Å². The van der Waals surface area contributed by atoms with Crippen LogP contribution in [0.2, 0.25) is 0 Å². The molecule has 5 aliphatic carbocycles. The molecule has 5 saturated carbocycles. The SMILES string of the molecule is C=C(C)[C@@H]1CC[C@]2(CCNCC)CC[C@]3(C)[C@H](CC[C@@H]4[C@@]5(C)CC[C@H](OC(=O)CC(C)(C)C(=O)O)C(C)(C)[C@@H]5CC[C@]43C)[C@@H]12. The van der Waals surface area contributed by atoms with E-state index in [0.29, 0.717) is 34.0 Å². The predicted molar refractivity (Wildman–Crippen MR) is 178 cm³/mol. The number of esters is 1. The van der Waals surface area contributed by atoms with Crippen molar-refractivity contribution in [3.05, 3.63) is 12.2 Å². The molecule has 2 N–H and O–H groups in total. The molecule has 0 saturated heterocycles. The van der Waals surface area contributed by atoms with Gasteiger partial charge in [-0.15, -0.1) is 0 Å². The summed E-state index contributed by atoms with van der Waals surface area (Å²) in [6, 6.07) is 0. The van der Waals surface area contributed by atoms with Crippen molar-refractivity contribution in [2.45, 2.75) is 145 Å². The number of hydrogen-bond acceptors (Lipinski definition) is 4. The van der Waals surface area contributed by atoms with Gasteiger partial charge >= 0.3 is 11.9 Å². The number of carboxylic acids is 1. The average Bonchev–Trinajstić information content (AvgIpc) is 3.30. The zero-order chi connectivity index (χ0) is 32.5. The Morgan fingerprint density at radius 3 is 2.25 bits per heavy atom. The Bertz CT molecular complexity index is 1140. The Morgan fingerprint density at radius 1 is 0.909 bits per heavy atom. The fourth-order valence-corrected chi connectivity index (χ4v) is 13.0.